The standard InChI is InChI=1S/C36H30N4O3S2/c1-2-40-32-14-7-6-13-29(32)30-21-27(15-16-33(30)40)37-34(41)23-45-28-12-8-11-26(20-28)38-36(43)31(19-24-17-18-44-22-24)39-35(42)25-9-4-3-5-10-25/h3-22H,2,23H2,1H3,(H,37,41)(H,38,43)(H,39,42)/b31-19-. The highest BCUT2D eigenvalue weighted by atomic mass is 32.2. The van der Waals surface area contributed by atoms with E-state index in [0.29, 0.717) is 11.3 Å². The molecule has 0 aliphatic rings. The van der Waals surface area contributed by atoms with Crippen LogP contribution in [0.3, 0.4) is 0 Å². The van der Waals surface area contributed by atoms with Crippen molar-refractivity contribution >= 4 is 80.1 Å². The van der Waals surface area contributed by atoms with Crippen molar-refractivity contribution in [3.8, 4) is 0 Å². The quantitative estimate of drug-likeness (QED) is 0.106. The highest BCUT2D eigenvalue weighted by molar-refractivity contribution is 8.00. The van der Waals surface area contributed by atoms with Gasteiger partial charge in [-0.1, -0.05) is 42.5 Å². The molecule has 0 radical (unpaired) electrons. The first kappa shape index (κ1) is 29.9. The molecule has 6 rings (SSSR count). The molecule has 0 saturated heterocycles. The van der Waals surface area contributed by atoms with Crippen LogP contribution in [0.5, 0.6) is 0 Å². The summed E-state index contributed by atoms with van der Waals surface area (Å²) in [4.78, 5) is 39.9. The summed E-state index contributed by atoms with van der Waals surface area (Å²) in [5, 5.41) is 14.7. The van der Waals surface area contributed by atoms with Gasteiger partial charge in [0.15, 0.2) is 0 Å². The molecule has 2 heterocycles. The van der Waals surface area contributed by atoms with Crippen LogP contribution in [-0.2, 0) is 16.1 Å². The number of amides is 3. The number of nitrogens with one attached hydrogen (secondary N) is 3. The molecule has 0 aliphatic heterocycles. The van der Waals surface area contributed by atoms with Gasteiger partial charge in [0.1, 0.15) is 5.70 Å². The monoisotopic (exact) mass is 630 g/mol. The Morgan fingerprint density at radius 1 is 0.800 bits per heavy atom. The van der Waals surface area contributed by atoms with Gasteiger partial charge in [-0.25, -0.2) is 0 Å². The number of aromatic nitrogens is 1. The highest BCUT2D eigenvalue weighted by Gasteiger charge is 2.16. The van der Waals surface area contributed by atoms with Gasteiger partial charge in [-0.15, -0.1) is 11.8 Å². The predicted octanol–water partition coefficient (Wildman–Crippen LogP) is 8.02. The van der Waals surface area contributed by atoms with Crippen molar-refractivity contribution in [2.24, 2.45) is 0 Å². The lowest BCUT2D eigenvalue weighted by atomic mass is 10.1. The first-order chi connectivity index (χ1) is 22.0. The predicted molar refractivity (Wildman–Crippen MR) is 186 cm³/mol. The van der Waals surface area contributed by atoms with E-state index in [1.165, 1.54) is 28.6 Å². The third kappa shape index (κ3) is 7.01. The Morgan fingerprint density at radius 2 is 1.58 bits per heavy atom. The molecule has 0 saturated carbocycles. The third-order valence-electron chi connectivity index (χ3n) is 7.22. The van der Waals surface area contributed by atoms with Crippen LogP contribution in [0.1, 0.15) is 22.8 Å². The van der Waals surface area contributed by atoms with Crippen molar-refractivity contribution < 1.29 is 14.4 Å². The fraction of sp³-hybridized carbons (Fsp3) is 0.0833. The fourth-order valence-corrected chi connectivity index (χ4v) is 6.52. The third-order valence-corrected chi connectivity index (χ3v) is 8.91. The Kier molecular flexibility index (Phi) is 9.09. The molecule has 0 unspecified atom stereocenters. The normalized spacial score (nSPS) is 11.4. The molecule has 4 aromatic carbocycles. The van der Waals surface area contributed by atoms with Gasteiger partial charge in [0.05, 0.1) is 5.75 Å². The van der Waals surface area contributed by atoms with Gasteiger partial charge in [0.25, 0.3) is 11.8 Å². The number of aryl methyl sites for hydroxylation is 1. The maximum Gasteiger partial charge on any atom is 0.272 e. The second-order valence-electron chi connectivity index (χ2n) is 10.2. The topological polar surface area (TPSA) is 92.2 Å². The van der Waals surface area contributed by atoms with Crippen molar-refractivity contribution in [3.05, 3.63) is 131 Å². The Bertz CT molecular complexity index is 2030. The fourth-order valence-electron chi connectivity index (χ4n) is 5.15. The summed E-state index contributed by atoms with van der Waals surface area (Å²) >= 11 is 2.87. The number of fused-ring (bicyclic) bond motifs is 3. The second kappa shape index (κ2) is 13.7. The number of nitrogens with zero attached hydrogens (tertiary/aromatic N) is 1. The van der Waals surface area contributed by atoms with Gasteiger partial charge in [-0.3, -0.25) is 14.4 Å². The van der Waals surface area contributed by atoms with E-state index in [-0.39, 0.29) is 23.3 Å². The average Bonchev–Trinajstić information content (AvgIpc) is 3.69. The minimum atomic E-state index is -0.454. The number of thiophene rings is 1. The smallest absolute Gasteiger partial charge is 0.272 e. The molecule has 3 amide bonds. The van der Waals surface area contributed by atoms with E-state index in [1.807, 2.05) is 65.4 Å². The summed E-state index contributed by atoms with van der Waals surface area (Å²) in [6, 6.07) is 32.2. The minimum Gasteiger partial charge on any atom is -0.341 e. The van der Waals surface area contributed by atoms with E-state index < -0.39 is 5.91 Å². The van der Waals surface area contributed by atoms with Crippen LogP contribution >= 0.6 is 23.1 Å². The van der Waals surface area contributed by atoms with E-state index >= 15 is 0 Å². The second-order valence-corrected chi connectivity index (χ2v) is 12.1. The first-order valence-corrected chi connectivity index (χ1v) is 16.4. The lowest BCUT2D eigenvalue weighted by Gasteiger charge is -2.12. The van der Waals surface area contributed by atoms with Crippen LogP contribution < -0.4 is 16.0 Å². The molecule has 0 atom stereocenters. The molecule has 0 spiro atoms. The largest absolute Gasteiger partial charge is 0.341 e. The van der Waals surface area contributed by atoms with E-state index in [4.69, 9.17) is 0 Å². The highest BCUT2D eigenvalue weighted by Crippen LogP contribution is 2.31. The number of anilines is 2. The number of thioether (sulfide) groups is 1. The number of rotatable bonds is 10. The SMILES string of the molecule is CCn1c2ccccc2c2cc(NC(=O)CSc3cccc(NC(=O)/C(=C/c4ccsc4)NC(=O)c4ccccc4)c3)ccc21. The lowest BCUT2D eigenvalue weighted by molar-refractivity contribution is -0.114. The molecule has 45 heavy (non-hydrogen) atoms. The number of hydrogen-bond donors (Lipinski definition) is 3. The Hall–Kier alpha value is -5.12. The van der Waals surface area contributed by atoms with Gasteiger partial charge in [0.2, 0.25) is 5.91 Å². The number of para-hydroxylation sites is 1. The van der Waals surface area contributed by atoms with E-state index in [2.05, 4.69) is 45.6 Å². The van der Waals surface area contributed by atoms with Crippen molar-refractivity contribution in [1.82, 2.24) is 9.88 Å². The van der Waals surface area contributed by atoms with Gasteiger partial charge in [-0.05, 0) is 90.0 Å². The summed E-state index contributed by atoms with van der Waals surface area (Å²) in [5.74, 6) is -0.761. The lowest BCUT2D eigenvalue weighted by Crippen LogP contribution is -2.30. The van der Waals surface area contributed by atoms with Gasteiger partial charge in [-0.2, -0.15) is 11.3 Å². The number of benzene rings is 4. The summed E-state index contributed by atoms with van der Waals surface area (Å²) < 4.78 is 2.27. The van der Waals surface area contributed by atoms with Crippen LogP contribution in [-0.4, -0.2) is 28.0 Å². The van der Waals surface area contributed by atoms with Crippen LogP contribution in [0.15, 0.2) is 124 Å². The summed E-state index contributed by atoms with van der Waals surface area (Å²) in [5.41, 5.74) is 4.99. The zero-order valence-electron chi connectivity index (χ0n) is 24.4. The van der Waals surface area contributed by atoms with Crippen LogP contribution in [0, 0.1) is 0 Å². The van der Waals surface area contributed by atoms with Crippen molar-refractivity contribution in [1.29, 1.82) is 0 Å². The number of carbonyl (C=O) groups excluding carboxylic acids is 3. The summed E-state index contributed by atoms with van der Waals surface area (Å²) in [6.07, 6.45) is 1.65. The first-order valence-electron chi connectivity index (χ1n) is 14.4. The van der Waals surface area contributed by atoms with Crippen molar-refractivity contribution in [2.45, 2.75) is 18.4 Å². The molecule has 9 heteroatoms. The van der Waals surface area contributed by atoms with Crippen molar-refractivity contribution in [2.75, 3.05) is 16.4 Å². The number of hydrogen-bond acceptors (Lipinski definition) is 5. The molecule has 2 aromatic heterocycles. The van der Waals surface area contributed by atoms with Gasteiger partial charge < -0.3 is 20.5 Å². The summed E-state index contributed by atoms with van der Waals surface area (Å²) in [6.45, 7) is 2.99. The maximum absolute atomic E-state index is 13.3. The van der Waals surface area contributed by atoms with E-state index in [9.17, 15) is 14.4 Å². The van der Waals surface area contributed by atoms with Crippen molar-refractivity contribution in [3.63, 3.8) is 0 Å². The van der Waals surface area contributed by atoms with Gasteiger partial charge >= 0.3 is 0 Å². The molecule has 0 bridgehead atoms. The molecule has 7 nitrogen and oxygen atoms in total. The Morgan fingerprint density at radius 3 is 2.38 bits per heavy atom. The van der Waals surface area contributed by atoms with Crippen LogP contribution in [0.4, 0.5) is 11.4 Å². The van der Waals surface area contributed by atoms with E-state index in [1.54, 1.807) is 36.4 Å². The van der Waals surface area contributed by atoms with Crippen LogP contribution in [0.2, 0.25) is 0 Å². The molecule has 3 N–H and O–H groups in total. The minimum absolute atomic E-state index is 0.124. The molecule has 6 aromatic rings. The number of carbonyl (C=O) groups is 3. The van der Waals surface area contributed by atoms with E-state index in [0.717, 1.165) is 39.0 Å². The Labute approximate surface area is 269 Å². The molecule has 224 valence electrons. The molecular weight excluding hydrogens is 601 g/mol. The Balaban J connectivity index is 1.11. The molecular formula is C36H30N4O3S2. The average molecular weight is 631 g/mol. The zero-order chi connectivity index (χ0) is 31.2. The maximum atomic E-state index is 13.3. The zero-order valence-corrected chi connectivity index (χ0v) is 26.1. The van der Waals surface area contributed by atoms with Gasteiger partial charge in [0, 0.05) is 50.2 Å². The summed E-state index contributed by atoms with van der Waals surface area (Å²) in [7, 11) is 0. The molecule has 0 aliphatic carbocycles. The molecule has 0 fully saturated rings. The van der Waals surface area contributed by atoms with Crippen LogP contribution in [0.25, 0.3) is 27.9 Å².